The molecule has 1 rings (SSSR count). The van der Waals surface area contributed by atoms with E-state index >= 15 is 0 Å². The minimum Gasteiger partial charge on any atom is -0.464 e. The van der Waals surface area contributed by atoms with Crippen molar-refractivity contribution in [2.75, 3.05) is 6.61 Å². The Morgan fingerprint density at radius 2 is 2.50 bits per heavy atom. The Labute approximate surface area is 81.5 Å². The second kappa shape index (κ2) is 4.71. The van der Waals surface area contributed by atoms with Gasteiger partial charge in [-0.1, -0.05) is 5.21 Å². The zero-order valence-electron chi connectivity index (χ0n) is 8.17. The van der Waals surface area contributed by atoms with E-state index in [1.165, 1.54) is 10.9 Å². The van der Waals surface area contributed by atoms with Gasteiger partial charge in [-0.3, -0.25) is 0 Å². The molecule has 78 valence electrons. The maximum Gasteiger partial charge on any atom is 0.330 e. The van der Waals surface area contributed by atoms with E-state index in [2.05, 4.69) is 10.3 Å². The van der Waals surface area contributed by atoms with Crippen LogP contribution in [-0.4, -0.2) is 32.7 Å². The number of esters is 1. The number of ether oxygens (including phenoxy) is 1. The first-order chi connectivity index (χ1) is 6.69. The number of nitrogens with zero attached hydrogens (tertiary/aromatic N) is 3. The predicted octanol–water partition coefficient (Wildman–Crippen LogP) is -0.106. The smallest absolute Gasteiger partial charge is 0.330 e. The number of hydrogen-bond acceptors (Lipinski definition) is 5. The van der Waals surface area contributed by atoms with Crippen molar-refractivity contribution in [3.63, 3.8) is 0 Å². The third-order valence-electron chi connectivity index (χ3n) is 1.74. The maximum atomic E-state index is 11.3. The van der Waals surface area contributed by atoms with Crippen molar-refractivity contribution in [1.29, 1.82) is 0 Å². The van der Waals surface area contributed by atoms with Gasteiger partial charge in [0, 0.05) is 0 Å². The summed E-state index contributed by atoms with van der Waals surface area (Å²) in [5, 5.41) is 16.1. The largest absolute Gasteiger partial charge is 0.464 e. The summed E-state index contributed by atoms with van der Waals surface area (Å²) in [6.45, 7) is 3.55. The van der Waals surface area contributed by atoms with Crippen molar-refractivity contribution in [3.8, 4) is 0 Å². The van der Waals surface area contributed by atoms with E-state index in [1.54, 1.807) is 13.8 Å². The normalized spacial score (nSPS) is 12.5. The molecule has 0 amide bonds. The molecule has 0 spiro atoms. The van der Waals surface area contributed by atoms with Crippen molar-refractivity contribution in [1.82, 2.24) is 15.0 Å². The molecule has 1 aromatic heterocycles. The quantitative estimate of drug-likeness (QED) is 0.685. The van der Waals surface area contributed by atoms with Gasteiger partial charge in [0.2, 0.25) is 0 Å². The van der Waals surface area contributed by atoms with Gasteiger partial charge in [0.05, 0.1) is 19.4 Å². The fourth-order valence-corrected chi connectivity index (χ4v) is 0.946. The Bertz CT molecular complexity index is 311. The Morgan fingerprint density at radius 3 is 3.00 bits per heavy atom. The summed E-state index contributed by atoms with van der Waals surface area (Å²) in [7, 11) is 0. The van der Waals surface area contributed by atoms with Gasteiger partial charge in [0.1, 0.15) is 11.7 Å². The van der Waals surface area contributed by atoms with E-state index in [0.29, 0.717) is 12.3 Å². The fourth-order valence-electron chi connectivity index (χ4n) is 0.946. The molecular formula is C8H13N3O3. The molecule has 6 heteroatoms. The van der Waals surface area contributed by atoms with Gasteiger partial charge in [-0.05, 0) is 13.8 Å². The second-order valence-corrected chi connectivity index (χ2v) is 2.78. The number of carbonyl (C=O) groups excluding carboxylic acids is 1. The van der Waals surface area contributed by atoms with E-state index in [4.69, 9.17) is 9.84 Å². The van der Waals surface area contributed by atoms with Crippen LogP contribution in [0.5, 0.6) is 0 Å². The van der Waals surface area contributed by atoms with Crippen LogP contribution < -0.4 is 0 Å². The minimum atomic E-state index is -0.511. The zero-order valence-corrected chi connectivity index (χ0v) is 8.17. The third kappa shape index (κ3) is 2.29. The number of hydrogen-bond donors (Lipinski definition) is 1. The molecule has 1 aromatic rings. The van der Waals surface area contributed by atoms with Gasteiger partial charge in [0.25, 0.3) is 0 Å². The molecule has 0 aliphatic carbocycles. The first-order valence-corrected chi connectivity index (χ1v) is 4.37. The lowest BCUT2D eigenvalue weighted by Gasteiger charge is -2.09. The van der Waals surface area contributed by atoms with Crippen molar-refractivity contribution in [2.24, 2.45) is 0 Å². The van der Waals surface area contributed by atoms with Crippen molar-refractivity contribution in [3.05, 3.63) is 11.9 Å². The van der Waals surface area contributed by atoms with Crippen LogP contribution in [0.2, 0.25) is 0 Å². The van der Waals surface area contributed by atoms with Crippen molar-refractivity contribution >= 4 is 5.97 Å². The average molecular weight is 199 g/mol. The zero-order chi connectivity index (χ0) is 10.6. The third-order valence-corrected chi connectivity index (χ3v) is 1.74. The Morgan fingerprint density at radius 1 is 1.79 bits per heavy atom. The van der Waals surface area contributed by atoms with Crippen LogP contribution in [0.1, 0.15) is 25.6 Å². The van der Waals surface area contributed by atoms with Crippen LogP contribution >= 0.6 is 0 Å². The van der Waals surface area contributed by atoms with Crippen molar-refractivity contribution < 1.29 is 14.6 Å². The number of aliphatic hydroxyl groups excluding tert-OH is 1. The van der Waals surface area contributed by atoms with Gasteiger partial charge in [-0.2, -0.15) is 0 Å². The lowest BCUT2D eigenvalue weighted by molar-refractivity contribution is -0.146. The highest BCUT2D eigenvalue weighted by Gasteiger charge is 2.17. The summed E-state index contributed by atoms with van der Waals surface area (Å²) >= 11 is 0. The standard InChI is InChI=1S/C8H13N3O3/c1-3-14-8(13)6(2)11-4-7(5-12)9-10-11/h4,6,12H,3,5H2,1-2H3. The molecule has 1 atom stereocenters. The molecule has 0 aliphatic rings. The van der Waals surface area contributed by atoms with Gasteiger partial charge in [-0.25, -0.2) is 9.48 Å². The molecule has 1 heterocycles. The molecule has 1 unspecified atom stereocenters. The van der Waals surface area contributed by atoms with Gasteiger partial charge in [-0.15, -0.1) is 5.10 Å². The molecule has 0 bridgehead atoms. The first-order valence-electron chi connectivity index (χ1n) is 4.37. The van der Waals surface area contributed by atoms with Gasteiger partial charge in [0.15, 0.2) is 0 Å². The predicted molar refractivity (Wildman–Crippen MR) is 47.3 cm³/mol. The topological polar surface area (TPSA) is 77.2 Å². The summed E-state index contributed by atoms with van der Waals surface area (Å²) in [6.07, 6.45) is 1.52. The number of carbonyl (C=O) groups is 1. The SMILES string of the molecule is CCOC(=O)C(C)n1cc(CO)nn1. The first kappa shape index (κ1) is 10.6. The van der Waals surface area contributed by atoms with Crippen LogP contribution in [0.3, 0.4) is 0 Å². The average Bonchev–Trinajstić information content (AvgIpc) is 2.65. The monoisotopic (exact) mass is 199 g/mol. The summed E-state index contributed by atoms with van der Waals surface area (Å²) in [6, 6.07) is -0.511. The Hall–Kier alpha value is -1.43. The Balaban J connectivity index is 2.68. The summed E-state index contributed by atoms with van der Waals surface area (Å²) in [5.41, 5.74) is 0.432. The van der Waals surface area contributed by atoms with E-state index in [1.807, 2.05) is 0 Å². The highest BCUT2D eigenvalue weighted by Crippen LogP contribution is 2.06. The molecule has 0 saturated carbocycles. The number of rotatable bonds is 4. The second-order valence-electron chi connectivity index (χ2n) is 2.78. The molecule has 0 aromatic carbocycles. The lowest BCUT2D eigenvalue weighted by Crippen LogP contribution is -2.19. The molecule has 14 heavy (non-hydrogen) atoms. The summed E-state index contributed by atoms with van der Waals surface area (Å²) in [4.78, 5) is 11.3. The lowest BCUT2D eigenvalue weighted by atomic mass is 10.3. The number of aliphatic hydroxyl groups is 1. The number of aromatic nitrogens is 3. The van der Waals surface area contributed by atoms with E-state index in [-0.39, 0.29) is 12.6 Å². The molecule has 6 nitrogen and oxygen atoms in total. The van der Waals surface area contributed by atoms with Crippen LogP contribution in [-0.2, 0) is 16.1 Å². The van der Waals surface area contributed by atoms with Gasteiger partial charge < -0.3 is 9.84 Å². The molecular weight excluding hydrogens is 186 g/mol. The maximum absolute atomic E-state index is 11.3. The highest BCUT2D eigenvalue weighted by molar-refractivity contribution is 5.73. The summed E-state index contributed by atoms with van der Waals surface area (Å²) in [5.74, 6) is -0.359. The van der Waals surface area contributed by atoms with E-state index < -0.39 is 6.04 Å². The molecule has 0 aliphatic heterocycles. The minimum absolute atomic E-state index is 0.185. The molecule has 0 fully saturated rings. The van der Waals surface area contributed by atoms with Crippen LogP contribution in [0, 0.1) is 0 Å². The van der Waals surface area contributed by atoms with Crippen LogP contribution in [0.25, 0.3) is 0 Å². The van der Waals surface area contributed by atoms with Crippen molar-refractivity contribution in [2.45, 2.75) is 26.5 Å². The van der Waals surface area contributed by atoms with E-state index in [9.17, 15) is 4.79 Å². The van der Waals surface area contributed by atoms with Crippen LogP contribution in [0.15, 0.2) is 6.20 Å². The van der Waals surface area contributed by atoms with Gasteiger partial charge >= 0.3 is 5.97 Å². The molecule has 0 saturated heterocycles. The molecule has 1 N–H and O–H groups in total. The Kier molecular flexibility index (Phi) is 3.58. The van der Waals surface area contributed by atoms with E-state index in [0.717, 1.165) is 0 Å². The fraction of sp³-hybridized carbons (Fsp3) is 0.625. The van der Waals surface area contributed by atoms with Crippen LogP contribution in [0.4, 0.5) is 0 Å². The summed E-state index contributed by atoms with van der Waals surface area (Å²) < 4.78 is 6.18. The highest BCUT2D eigenvalue weighted by atomic mass is 16.5. The molecule has 0 radical (unpaired) electrons.